The molecular weight excluding hydrogens is 222 g/mol. The zero-order chi connectivity index (χ0) is 12.0. The van der Waals surface area contributed by atoms with Crippen molar-refractivity contribution in [2.45, 2.75) is 19.3 Å². The fraction of sp³-hybridized carbons (Fsp3) is 0.308. The topological polar surface area (TPSA) is 24.9 Å². The maximum atomic E-state index is 13.3. The third-order valence-corrected chi connectivity index (χ3v) is 3.30. The molecule has 0 radical (unpaired) electrons. The summed E-state index contributed by atoms with van der Waals surface area (Å²) < 4.78 is 26.5. The second kappa shape index (κ2) is 3.65. The van der Waals surface area contributed by atoms with Gasteiger partial charge in [0.25, 0.3) is 0 Å². The van der Waals surface area contributed by atoms with Crippen molar-refractivity contribution in [1.82, 2.24) is 4.98 Å². The normalized spacial score (nSPS) is 14.1. The maximum Gasteiger partial charge on any atom is 0.161 e. The van der Waals surface area contributed by atoms with E-state index in [0.29, 0.717) is 10.9 Å². The van der Waals surface area contributed by atoms with E-state index in [1.54, 1.807) is 7.05 Å². The van der Waals surface area contributed by atoms with E-state index in [0.717, 1.165) is 36.2 Å². The van der Waals surface area contributed by atoms with Crippen molar-refractivity contribution >= 4 is 16.6 Å². The van der Waals surface area contributed by atoms with E-state index in [2.05, 4.69) is 10.3 Å². The number of nitrogens with one attached hydrogen (secondary N) is 1. The summed E-state index contributed by atoms with van der Waals surface area (Å²) in [5.41, 5.74) is 3.56. The van der Waals surface area contributed by atoms with Gasteiger partial charge < -0.3 is 5.32 Å². The predicted molar refractivity (Wildman–Crippen MR) is 63.2 cm³/mol. The van der Waals surface area contributed by atoms with Crippen LogP contribution in [-0.4, -0.2) is 12.0 Å². The van der Waals surface area contributed by atoms with Gasteiger partial charge in [-0.3, -0.25) is 4.98 Å². The van der Waals surface area contributed by atoms with Crippen LogP contribution in [0.5, 0.6) is 0 Å². The molecule has 0 bridgehead atoms. The number of halogens is 2. The lowest BCUT2D eigenvalue weighted by atomic mass is 10.1. The van der Waals surface area contributed by atoms with E-state index < -0.39 is 11.6 Å². The lowest BCUT2D eigenvalue weighted by Gasteiger charge is -2.12. The molecule has 0 aliphatic heterocycles. The van der Waals surface area contributed by atoms with E-state index in [-0.39, 0.29) is 0 Å². The van der Waals surface area contributed by atoms with Crippen LogP contribution in [0.1, 0.15) is 17.7 Å². The molecule has 1 aromatic heterocycles. The monoisotopic (exact) mass is 234 g/mol. The third-order valence-electron chi connectivity index (χ3n) is 3.30. The molecule has 0 amide bonds. The third kappa shape index (κ3) is 1.47. The number of aryl methyl sites for hydroxylation is 1. The summed E-state index contributed by atoms with van der Waals surface area (Å²) in [6.07, 6.45) is 2.92. The van der Waals surface area contributed by atoms with Crippen LogP contribution in [0.4, 0.5) is 14.5 Å². The first-order valence-electron chi connectivity index (χ1n) is 5.69. The first kappa shape index (κ1) is 10.4. The summed E-state index contributed by atoms with van der Waals surface area (Å²) >= 11 is 0. The molecule has 17 heavy (non-hydrogen) atoms. The van der Waals surface area contributed by atoms with Crippen LogP contribution in [-0.2, 0) is 12.8 Å². The first-order chi connectivity index (χ1) is 8.20. The smallest absolute Gasteiger partial charge is 0.161 e. The van der Waals surface area contributed by atoms with Crippen molar-refractivity contribution in [3.63, 3.8) is 0 Å². The molecule has 1 aliphatic carbocycles. The average molecular weight is 234 g/mol. The molecule has 1 N–H and O–H groups in total. The highest BCUT2D eigenvalue weighted by Gasteiger charge is 2.20. The van der Waals surface area contributed by atoms with Gasteiger partial charge in [0.1, 0.15) is 0 Å². The Morgan fingerprint density at radius 3 is 2.71 bits per heavy atom. The fourth-order valence-electron chi connectivity index (χ4n) is 2.54. The average Bonchev–Trinajstić information content (AvgIpc) is 2.75. The SMILES string of the molecule is CNc1c2c(nc3cc(F)c(F)cc13)CCC2. The molecule has 4 heteroatoms. The van der Waals surface area contributed by atoms with Gasteiger partial charge in [0.2, 0.25) is 0 Å². The van der Waals surface area contributed by atoms with E-state index in [4.69, 9.17) is 0 Å². The van der Waals surface area contributed by atoms with Crippen LogP contribution in [0.15, 0.2) is 12.1 Å². The van der Waals surface area contributed by atoms with Crippen LogP contribution >= 0.6 is 0 Å². The first-order valence-corrected chi connectivity index (χ1v) is 5.69. The Labute approximate surface area is 97.7 Å². The molecule has 1 heterocycles. The largest absolute Gasteiger partial charge is 0.387 e. The lowest BCUT2D eigenvalue weighted by molar-refractivity contribution is 0.510. The van der Waals surface area contributed by atoms with Crippen molar-refractivity contribution in [3.05, 3.63) is 35.0 Å². The van der Waals surface area contributed by atoms with Crippen molar-refractivity contribution < 1.29 is 8.78 Å². The molecule has 1 aromatic carbocycles. The summed E-state index contributed by atoms with van der Waals surface area (Å²) in [6, 6.07) is 2.40. The Kier molecular flexibility index (Phi) is 2.24. The molecule has 0 saturated heterocycles. The van der Waals surface area contributed by atoms with Crippen LogP contribution in [0.25, 0.3) is 10.9 Å². The number of aromatic nitrogens is 1. The molecule has 0 atom stereocenters. The van der Waals surface area contributed by atoms with Crippen LogP contribution in [0, 0.1) is 11.6 Å². The second-order valence-corrected chi connectivity index (χ2v) is 4.30. The molecule has 0 unspecified atom stereocenters. The van der Waals surface area contributed by atoms with Gasteiger partial charge in [-0.15, -0.1) is 0 Å². The summed E-state index contributed by atoms with van der Waals surface area (Å²) in [6.45, 7) is 0. The fourth-order valence-corrected chi connectivity index (χ4v) is 2.54. The zero-order valence-corrected chi connectivity index (χ0v) is 9.48. The van der Waals surface area contributed by atoms with Crippen molar-refractivity contribution in [3.8, 4) is 0 Å². The molecule has 0 saturated carbocycles. The number of fused-ring (bicyclic) bond motifs is 2. The van der Waals surface area contributed by atoms with E-state index >= 15 is 0 Å². The number of pyridine rings is 1. The molecule has 0 spiro atoms. The molecule has 1 aliphatic rings. The number of nitrogens with zero attached hydrogens (tertiary/aromatic N) is 1. The molecule has 2 aromatic rings. The Morgan fingerprint density at radius 1 is 1.18 bits per heavy atom. The molecule has 88 valence electrons. The Balaban J connectivity index is 2.41. The zero-order valence-electron chi connectivity index (χ0n) is 9.48. The Bertz CT molecular complexity index is 608. The number of hydrogen-bond donors (Lipinski definition) is 1. The quantitative estimate of drug-likeness (QED) is 0.820. The highest BCUT2D eigenvalue weighted by molar-refractivity contribution is 5.93. The van der Waals surface area contributed by atoms with Crippen LogP contribution in [0.2, 0.25) is 0 Å². The minimum atomic E-state index is -0.843. The summed E-state index contributed by atoms with van der Waals surface area (Å²) in [4.78, 5) is 4.42. The summed E-state index contributed by atoms with van der Waals surface area (Å²) in [5, 5.41) is 3.75. The summed E-state index contributed by atoms with van der Waals surface area (Å²) in [7, 11) is 1.80. The van der Waals surface area contributed by atoms with Gasteiger partial charge in [-0.05, 0) is 30.9 Å². The minimum Gasteiger partial charge on any atom is -0.387 e. The van der Waals surface area contributed by atoms with Gasteiger partial charge in [0.05, 0.1) is 5.52 Å². The number of anilines is 1. The lowest BCUT2D eigenvalue weighted by Crippen LogP contribution is -2.00. The molecule has 2 nitrogen and oxygen atoms in total. The van der Waals surface area contributed by atoms with E-state index in [1.165, 1.54) is 12.1 Å². The van der Waals surface area contributed by atoms with Crippen molar-refractivity contribution in [2.75, 3.05) is 12.4 Å². The predicted octanol–water partition coefficient (Wildman–Crippen LogP) is 3.04. The highest BCUT2D eigenvalue weighted by Crippen LogP contribution is 2.34. The van der Waals surface area contributed by atoms with E-state index in [9.17, 15) is 8.78 Å². The maximum absolute atomic E-state index is 13.3. The number of hydrogen-bond acceptors (Lipinski definition) is 2. The number of rotatable bonds is 1. The minimum absolute atomic E-state index is 0.522. The van der Waals surface area contributed by atoms with Gasteiger partial charge in [-0.25, -0.2) is 8.78 Å². The van der Waals surface area contributed by atoms with Gasteiger partial charge in [-0.1, -0.05) is 0 Å². The Hall–Kier alpha value is -1.71. The Morgan fingerprint density at radius 2 is 1.94 bits per heavy atom. The standard InChI is InChI=1S/C13H12F2N2/c1-16-13-7-3-2-4-11(7)17-12-6-10(15)9(14)5-8(12)13/h5-6H,2-4H2,1H3,(H,16,17). The van der Waals surface area contributed by atoms with E-state index in [1.807, 2.05) is 0 Å². The highest BCUT2D eigenvalue weighted by atomic mass is 19.2. The second-order valence-electron chi connectivity index (χ2n) is 4.30. The molecule has 0 fully saturated rings. The van der Waals surface area contributed by atoms with Gasteiger partial charge >= 0.3 is 0 Å². The van der Waals surface area contributed by atoms with Gasteiger partial charge in [-0.2, -0.15) is 0 Å². The van der Waals surface area contributed by atoms with Crippen LogP contribution < -0.4 is 5.32 Å². The molecular formula is C13H12F2N2. The van der Waals surface area contributed by atoms with Crippen molar-refractivity contribution in [1.29, 1.82) is 0 Å². The van der Waals surface area contributed by atoms with Gasteiger partial charge in [0, 0.05) is 29.9 Å². The van der Waals surface area contributed by atoms with Gasteiger partial charge in [0.15, 0.2) is 11.6 Å². The van der Waals surface area contributed by atoms with Crippen molar-refractivity contribution in [2.24, 2.45) is 0 Å². The number of benzene rings is 1. The molecule has 3 rings (SSSR count). The van der Waals surface area contributed by atoms with Crippen LogP contribution in [0.3, 0.4) is 0 Å². The summed E-state index contributed by atoms with van der Waals surface area (Å²) in [5.74, 6) is -1.67.